The van der Waals surface area contributed by atoms with E-state index < -0.39 is 10.2 Å². The van der Waals surface area contributed by atoms with E-state index >= 15 is 0 Å². The predicted octanol–water partition coefficient (Wildman–Crippen LogP) is 0.0643. The van der Waals surface area contributed by atoms with Crippen LogP contribution in [-0.4, -0.2) is 25.3 Å². The van der Waals surface area contributed by atoms with E-state index in [2.05, 4.69) is 0 Å². The Morgan fingerprint density at radius 2 is 2.09 bits per heavy atom. The van der Waals surface area contributed by atoms with Gasteiger partial charge in [0.15, 0.2) is 0 Å². The molecule has 11 heavy (non-hydrogen) atoms. The van der Waals surface area contributed by atoms with E-state index in [-0.39, 0.29) is 6.04 Å². The largest absolute Gasteiger partial charge is 0.277 e. The second kappa shape index (κ2) is 3.08. The molecule has 0 radical (unpaired) electrons. The normalized spacial score (nSPS) is 20.3. The highest BCUT2D eigenvalue weighted by Crippen LogP contribution is 2.25. The van der Waals surface area contributed by atoms with Gasteiger partial charge < -0.3 is 0 Å². The van der Waals surface area contributed by atoms with Crippen LogP contribution in [0.4, 0.5) is 0 Å². The lowest BCUT2D eigenvalue weighted by Gasteiger charge is -2.34. The molecule has 0 atom stereocenters. The minimum Gasteiger partial charge on any atom is -0.216 e. The summed E-state index contributed by atoms with van der Waals surface area (Å²) in [6, 6.07) is 0.176. The molecule has 0 spiro atoms. The number of nitrogens with two attached hydrogens (primary N) is 1. The lowest BCUT2D eigenvalue weighted by molar-refractivity contribution is 0.227. The second-order valence-electron chi connectivity index (χ2n) is 2.83. The lowest BCUT2D eigenvalue weighted by atomic mass is 9.93. The van der Waals surface area contributed by atoms with Crippen LogP contribution in [0.25, 0.3) is 0 Å². The molecule has 1 rings (SSSR count). The van der Waals surface area contributed by atoms with Crippen LogP contribution in [0.3, 0.4) is 0 Å². The molecular formula is C6H14N2O2S. The molecule has 66 valence electrons. The molecule has 5 heteroatoms. The Kier molecular flexibility index (Phi) is 2.51. The maximum atomic E-state index is 10.9. The molecule has 4 nitrogen and oxygen atoms in total. The topological polar surface area (TPSA) is 63.4 Å². The van der Waals surface area contributed by atoms with Crippen molar-refractivity contribution in [3.8, 4) is 0 Å². The smallest absolute Gasteiger partial charge is 0.216 e. The number of hydrogen-bond donors (Lipinski definition) is 1. The molecule has 1 aliphatic carbocycles. The summed E-state index contributed by atoms with van der Waals surface area (Å²) < 4.78 is 23.2. The van der Waals surface area contributed by atoms with Gasteiger partial charge in [-0.1, -0.05) is 13.3 Å². The van der Waals surface area contributed by atoms with Crippen LogP contribution >= 0.6 is 0 Å². The van der Waals surface area contributed by atoms with Crippen molar-refractivity contribution < 1.29 is 8.42 Å². The molecule has 0 saturated heterocycles. The molecule has 1 fully saturated rings. The van der Waals surface area contributed by atoms with Crippen molar-refractivity contribution in [1.82, 2.24) is 4.31 Å². The molecule has 0 unspecified atom stereocenters. The monoisotopic (exact) mass is 178 g/mol. The van der Waals surface area contributed by atoms with Crippen molar-refractivity contribution in [2.45, 2.75) is 32.2 Å². The Morgan fingerprint density at radius 3 is 2.18 bits per heavy atom. The van der Waals surface area contributed by atoms with Gasteiger partial charge in [0.05, 0.1) is 0 Å². The van der Waals surface area contributed by atoms with Crippen molar-refractivity contribution in [2.75, 3.05) is 6.54 Å². The SMILES string of the molecule is CCN(C1CCC1)S(N)(=O)=O. The van der Waals surface area contributed by atoms with E-state index in [1.807, 2.05) is 6.92 Å². The van der Waals surface area contributed by atoms with Crippen LogP contribution in [0.2, 0.25) is 0 Å². The Balaban J connectivity index is 2.63. The van der Waals surface area contributed by atoms with Gasteiger partial charge >= 0.3 is 0 Å². The summed E-state index contributed by atoms with van der Waals surface area (Å²) >= 11 is 0. The van der Waals surface area contributed by atoms with Gasteiger partial charge in [-0.2, -0.15) is 12.7 Å². The molecule has 1 saturated carbocycles. The van der Waals surface area contributed by atoms with Gasteiger partial charge in [-0.05, 0) is 12.8 Å². The zero-order valence-electron chi connectivity index (χ0n) is 6.66. The standard InChI is InChI=1S/C6H14N2O2S/c1-2-8(11(7,9)10)6-4-3-5-6/h6H,2-5H2,1H3,(H2,7,9,10). The molecule has 0 aromatic heterocycles. The first-order valence-electron chi connectivity index (χ1n) is 3.85. The minimum absolute atomic E-state index is 0.176. The predicted molar refractivity (Wildman–Crippen MR) is 43.1 cm³/mol. The van der Waals surface area contributed by atoms with Gasteiger partial charge in [0, 0.05) is 12.6 Å². The zero-order valence-corrected chi connectivity index (χ0v) is 7.47. The van der Waals surface area contributed by atoms with Gasteiger partial charge in [-0.25, -0.2) is 5.14 Å². The van der Waals surface area contributed by atoms with Crippen molar-refractivity contribution >= 4 is 10.2 Å². The third kappa shape index (κ3) is 1.91. The molecule has 0 aromatic carbocycles. The first-order chi connectivity index (χ1) is 5.05. The third-order valence-corrected chi connectivity index (χ3v) is 3.33. The summed E-state index contributed by atoms with van der Waals surface area (Å²) in [5, 5.41) is 5.00. The molecule has 0 aliphatic heterocycles. The van der Waals surface area contributed by atoms with E-state index in [1.54, 1.807) is 0 Å². The Bertz CT molecular complexity index is 221. The molecule has 0 aromatic rings. The van der Waals surface area contributed by atoms with Crippen LogP contribution < -0.4 is 5.14 Å². The van der Waals surface area contributed by atoms with E-state index in [4.69, 9.17) is 5.14 Å². The summed E-state index contributed by atoms with van der Waals surface area (Å²) in [5.41, 5.74) is 0. The average molecular weight is 178 g/mol. The van der Waals surface area contributed by atoms with Gasteiger partial charge in [-0.15, -0.1) is 0 Å². The van der Waals surface area contributed by atoms with Crippen LogP contribution in [0.15, 0.2) is 0 Å². The molecule has 1 aliphatic rings. The van der Waals surface area contributed by atoms with Crippen LogP contribution in [0.5, 0.6) is 0 Å². The van der Waals surface area contributed by atoms with Gasteiger partial charge in [0.25, 0.3) is 10.2 Å². The van der Waals surface area contributed by atoms with Crippen molar-refractivity contribution in [3.63, 3.8) is 0 Å². The number of nitrogens with zero attached hydrogens (tertiary/aromatic N) is 1. The van der Waals surface area contributed by atoms with E-state index in [0.717, 1.165) is 19.3 Å². The molecular weight excluding hydrogens is 164 g/mol. The quantitative estimate of drug-likeness (QED) is 0.664. The number of rotatable bonds is 3. The first kappa shape index (κ1) is 8.96. The fourth-order valence-corrected chi connectivity index (χ4v) is 2.31. The lowest BCUT2D eigenvalue weighted by Crippen LogP contribution is -2.47. The van der Waals surface area contributed by atoms with Gasteiger partial charge in [0.2, 0.25) is 0 Å². The van der Waals surface area contributed by atoms with E-state index in [9.17, 15) is 8.42 Å². The average Bonchev–Trinajstić information content (AvgIpc) is 1.74. The van der Waals surface area contributed by atoms with Gasteiger partial charge in [0.1, 0.15) is 0 Å². The molecule has 2 N–H and O–H groups in total. The van der Waals surface area contributed by atoms with Gasteiger partial charge in [-0.3, -0.25) is 0 Å². The summed E-state index contributed by atoms with van der Waals surface area (Å²) in [4.78, 5) is 0. The zero-order chi connectivity index (χ0) is 8.48. The number of hydrogen-bond acceptors (Lipinski definition) is 2. The van der Waals surface area contributed by atoms with E-state index in [1.165, 1.54) is 4.31 Å². The highest BCUT2D eigenvalue weighted by Gasteiger charge is 2.29. The maximum absolute atomic E-state index is 10.9. The summed E-state index contributed by atoms with van der Waals surface area (Å²) in [5.74, 6) is 0. The highest BCUT2D eigenvalue weighted by atomic mass is 32.2. The third-order valence-electron chi connectivity index (χ3n) is 2.12. The van der Waals surface area contributed by atoms with Crippen molar-refractivity contribution in [3.05, 3.63) is 0 Å². The highest BCUT2D eigenvalue weighted by molar-refractivity contribution is 7.86. The van der Waals surface area contributed by atoms with E-state index in [0.29, 0.717) is 6.54 Å². The Labute approximate surface area is 67.6 Å². The maximum Gasteiger partial charge on any atom is 0.277 e. The molecule has 0 heterocycles. The van der Waals surface area contributed by atoms with Crippen LogP contribution in [0, 0.1) is 0 Å². The molecule has 0 bridgehead atoms. The fraction of sp³-hybridized carbons (Fsp3) is 1.00. The van der Waals surface area contributed by atoms with Crippen LogP contribution in [0.1, 0.15) is 26.2 Å². The Morgan fingerprint density at radius 1 is 1.55 bits per heavy atom. The summed E-state index contributed by atoms with van der Waals surface area (Å²) in [7, 11) is -3.44. The molecule has 0 amide bonds. The fourth-order valence-electron chi connectivity index (χ4n) is 1.32. The summed E-state index contributed by atoms with van der Waals surface area (Å²) in [6.07, 6.45) is 3.05. The second-order valence-corrected chi connectivity index (χ2v) is 4.33. The van der Waals surface area contributed by atoms with Crippen molar-refractivity contribution in [1.29, 1.82) is 0 Å². The van der Waals surface area contributed by atoms with Crippen LogP contribution in [-0.2, 0) is 10.2 Å². The minimum atomic E-state index is -3.44. The first-order valence-corrected chi connectivity index (χ1v) is 5.35. The summed E-state index contributed by atoms with van der Waals surface area (Å²) in [6.45, 7) is 2.30. The van der Waals surface area contributed by atoms with Crippen molar-refractivity contribution in [2.24, 2.45) is 5.14 Å². The Hall–Kier alpha value is -0.130.